The van der Waals surface area contributed by atoms with Crippen LogP contribution in [0.25, 0.3) is 11.0 Å². The minimum absolute atomic E-state index is 0.00329. The van der Waals surface area contributed by atoms with Gasteiger partial charge in [-0.3, -0.25) is 18.7 Å². The van der Waals surface area contributed by atoms with Crippen molar-refractivity contribution >= 4 is 28.5 Å². The highest BCUT2D eigenvalue weighted by molar-refractivity contribution is 5.94. The van der Waals surface area contributed by atoms with Crippen LogP contribution in [0.3, 0.4) is 0 Å². The van der Waals surface area contributed by atoms with Gasteiger partial charge in [0.1, 0.15) is 5.75 Å². The zero-order valence-corrected chi connectivity index (χ0v) is 17.7. The van der Waals surface area contributed by atoms with Crippen LogP contribution in [0.1, 0.15) is 12.8 Å². The number of benzene rings is 2. The molecule has 1 saturated heterocycles. The van der Waals surface area contributed by atoms with Gasteiger partial charge in [0, 0.05) is 38.8 Å². The Morgan fingerprint density at radius 2 is 1.68 bits per heavy atom. The lowest BCUT2D eigenvalue weighted by molar-refractivity contribution is -0.136. The van der Waals surface area contributed by atoms with Crippen LogP contribution in [0.5, 0.6) is 5.75 Å². The van der Waals surface area contributed by atoms with Gasteiger partial charge >= 0.3 is 5.69 Å². The predicted molar refractivity (Wildman–Crippen MR) is 118 cm³/mol. The summed E-state index contributed by atoms with van der Waals surface area (Å²) in [5, 5.41) is 2.96. The number of fused-ring (bicyclic) bond motifs is 1. The topological polar surface area (TPSA) is 85.6 Å². The number of hydrogen-bond acceptors (Lipinski definition) is 4. The number of rotatable bonds is 5. The lowest BCUT2D eigenvalue weighted by atomic mass is 9.95. The maximum absolute atomic E-state index is 12.7. The van der Waals surface area contributed by atoms with Gasteiger partial charge in [-0.05, 0) is 43.2 Å². The Morgan fingerprint density at radius 1 is 1.00 bits per heavy atom. The van der Waals surface area contributed by atoms with Gasteiger partial charge in [0.15, 0.2) is 6.61 Å². The Hall–Kier alpha value is -3.55. The van der Waals surface area contributed by atoms with Gasteiger partial charge < -0.3 is 15.0 Å². The fourth-order valence-electron chi connectivity index (χ4n) is 3.97. The predicted octanol–water partition coefficient (Wildman–Crippen LogP) is 2.13. The van der Waals surface area contributed by atoms with E-state index in [1.165, 1.54) is 0 Å². The second-order valence-electron chi connectivity index (χ2n) is 7.85. The van der Waals surface area contributed by atoms with Gasteiger partial charge in [0.25, 0.3) is 5.91 Å². The number of nitrogens with one attached hydrogen (secondary N) is 1. The number of likely N-dealkylation sites (tertiary alicyclic amines) is 1. The largest absolute Gasteiger partial charge is 0.484 e. The number of hydrogen-bond donors (Lipinski definition) is 1. The highest BCUT2D eigenvalue weighted by atomic mass is 16.5. The van der Waals surface area contributed by atoms with Crippen molar-refractivity contribution in [2.45, 2.75) is 12.8 Å². The number of piperidine rings is 1. The van der Waals surface area contributed by atoms with Crippen molar-refractivity contribution in [3.63, 3.8) is 0 Å². The number of aromatic nitrogens is 2. The van der Waals surface area contributed by atoms with Crippen molar-refractivity contribution < 1.29 is 14.3 Å². The standard InChI is InChI=1S/C23H26N4O4/c1-25-19-9-8-17(14-20(19)26(2)23(25)30)24-22(29)16-10-12-27(13-11-16)21(28)15-31-18-6-4-3-5-7-18/h3-9,14,16H,10-13,15H2,1-2H3,(H,24,29). The molecule has 31 heavy (non-hydrogen) atoms. The van der Waals surface area contributed by atoms with Crippen LogP contribution >= 0.6 is 0 Å². The number of nitrogens with zero attached hydrogens (tertiary/aromatic N) is 3. The van der Waals surface area contributed by atoms with Crippen molar-refractivity contribution in [3.8, 4) is 5.75 Å². The van der Waals surface area contributed by atoms with E-state index in [4.69, 9.17) is 4.74 Å². The number of amides is 2. The molecule has 3 aromatic rings. The molecule has 2 heterocycles. The van der Waals surface area contributed by atoms with E-state index in [1.54, 1.807) is 34.2 Å². The molecule has 1 N–H and O–H groups in total. The molecule has 0 bridgehead atoms. The quantitative estimate of drug-likeness (QED) is 0.683. The molecule has 1 aromatic heterocycles. The van der Waals surface area contributed by atoms with Gasteiger partial charge in [-0.25, -0.2) is 4.79 Å². The minimum atomic E-state index is -0.158. The van der Waals surface area contributed by atoms with E-state index in [0.29, 0.717) is 37.4 Å². The Kier molecular flexibility index (Phi) is 5.79. The number of imidazole rings is 1. The third kappa shape index (κ3) is 4.33. The van der Waals surface area contributed by atoms with E-state index in [1.807, 2.05) is 42.5 Å². The molecule has 2 aromatic carbocycles. The van der Waals surface area contributed by atoms with Crippen molar-refractivity contribution in [2.75, 3.05) is 25.0 Å². The van der Waals surface area contributed by atoms with Crippen LogP contribution in [-0.4, -0.2) is 45.5 Å². The van der Waals surface area contributed by atoms with E-state index in [2.05, 4.69) is 5.32 Å². The Bertz CT molecular complexity index is 1160. The summed E-state index contributed by atoms with van der Waals surface area (Å²) < 4.78 is 8.67. The van der Waals surface area contributed by atoms with Crippen molar-refractivity contribution in [2.24, 2.45) is 20.0 Å². The minimum Gasteiger partial charge on any atom is -0.484 e. The van der Waals surface area contributed by atoms with E-state index in [9.17, 15) is 14.4 Å². The van der Waals surface area contributed by atoms with Gasteiger partial charge in [0.2, 0.25) is 5.91 Å². The first-order valence-electron chi connectivity index (χ1n) is 10.4. The third-order valence-corrected chi connectivity index (χ3v) is 5.86. The molecule has 8 nitrogen and oxygen atoms in total. The molecule has 4 rings (SSSR count). The van der Waals surface area contributed by atoms with Gasteiger partial charge in [-0.2, -0.15) is 0 Å². The van der Waals surface area contributed by atoms with E-state index in [0.717, 1.165) is 11.0 Å². The molecule has 0 aliphatic carbocycles. The summed E-state index contributed by atoms with van der Waals surface area (Å²) in [6.07, 6.45) is 1.21. The average Bonchev–Trinajstić information content (AvgIpc) is 3.02. The zero-order valence-electron chi connectivity index (χ0n) is 17.7. The Balaban J connectivity index is 1.31. The molecule has 8 heteroatoms. The highest BCUT2D eigenvalue weighted by Gasteiger charge is 2.27. The molecular weight excluding hydrogens is 396 g/mol. The maximum atomic E-state index is 12.7. The normalized spacial score (nSPS) is 14.6. The van der Waals surface area contributed by atoms with Gasteiger partial charge in [-0.1, -0.05) is 18.2 Å². The van der Waals surface area contributed by atoms with Gasteiger partial charge in [0.05, 0.1) is 11.0 Å². The van der Waals surface area contributed by atoms with E-state index < -0.39 is 0 Å². The SMILES string of the molecule is Cn1c(=O)n(C)c2cc(NC(=O)C3CCN(C(=O)COc4ccccc4)CC3)ccc21. The highest BCUT2D eigenvalue weighted by Crippen LogP contribution is 2.22. The van der Waals surface area contributed by atoms with E-state index >= 15 is 0 Å². The first-order chi connectivity index (χ1) is 14.9. The summed E-state index contributed by atoms with van der Waals surface area (Å²) in [5.74, 6) is 0.374. The molecule has 0 atom stereocenters. The summed E-state index contributed by atoms with van der Waals surface area (Å²) >= 11 is 0. The van der Waals surface area contributed by atoms with Crippen LogP contribution < -0.4 is 15.7 Å². The van der Waals surface area contributed by atoms with Crippen molar-refractivity contribution in [1.82, 2.24) is 14.0 Å². The average molecular weight is 422 g/mol. The fourth-order valence-corrected chi connectivity index (χ4v) is 3.97. The van der Waals surface area contributed by atoms with Gasteiger partial charge in [-0.15, -0.1) is 0 Å². The molecule has 1 aliphatic heterocycles. The monoisotopic (exact) mass is 422 g/mol. The molecule has 0 saturated carbocycles. The number of carbonyl (C=O) groups excluding carboxylic acids is 2. The van der Waals surface area contributed by atoms with Crippen LogP contribution in [0.2, 0.25) is 0 Å². The number of anilines is 1. The summed E-state index contributed by atoms with van der Waals surface area (Å²) in [5.41, 5.74) is 2.14. The maximum Gasteiger partial charge on any atom is 0.328 e. The lowest BCUT2D eigenvalue weighted by Gasteiger charge is -2.31. The Labute approximate surface area is 180 Å². The summed E-state index contributed by atoms with van der Waals surface area (Å²) in [6, 6.07) is 14.7. The molecular formula is C23H26N4O4. The summed E-state index contributed by atoms with van der Waals surface area (Å²) in [6.45, 7) is 1.05. The second kappa shape index (κ2) is 8.67. The number of aryl methyl sites for hydroxylation is 2. The van der Waals surface area contributed by atoms with E-state index in [-0.39, 0.29) is 30.0 Å². The summed E-state index contributed by atoms with van der Waals surface area (Å²) in [7, 11) is 3.44. The summed E-state index contributed by atoms with van der Waals surface area (Å²) in [4.78, 5) is 39.0. The van der Waals surface area contributed by atoms with Crippen molar-refractivity contribution in [1.29, 1.82) is 0 Å². The third-order valence-electron chi connectivity index (χ3n) is 5.86. The number of ether oxygens (including phenoxy) is 1. The number of para-hydroxylation sites is 1. The molecule has 2 amide bonds. The molecule has 162 valence electrons. The fraction of sp³-hybridized carbons (Fsp3) is 0.348. The Morgan fingerprint density at radius 3 is 2.39 bits per heavy atom. The number of carbonyl (C=O) groups is 2. The molecule has 0 radical (unpaired) electrons. The lowest BCUT2D eigenvalue weighted by Crippen LogP contribution is -2.43. The second-order valence-corrected chi connectivity index (χ2v) is 7.85. The molecule has 1 aliphatic rings. The van der Waals surface area contributed by atoms with Crippen LogP contribution in [0.4, 0.5) is 5.69 Å². The zero-order chi connectivity index (χ0) is 22.0. The molecule has 0 unspecified atom stereocenters. The molecule has 0 spiro atoms. The molecule has 1 fully saturated rings. The van der Waals surface area contributed by atoms with Crippen LogP contribution in [0, 0.1) is 5.92 Å². The first kappa shape index (κ1) is 20.7. The first-order valence-corrected chi connectivity index (χ1v) is 10.4. The van der Waals surface area contributed by atoms with Crippen molar-refractivity contribution in [3.05, 3.63) is 59.0 Å². The smallest absolute Gasteiger partial charge is 0.328 e. The van der Waals surface area contributed by atoms with Crippen LogP contribution in [0.15, 0.2) is 53.3 Å². The van der Waals surface area contributed by atoms with Crippen LogP contribution in [-0.2, 0) is 23.7 Å².